The van der Waals surface area contributed by atoms with Gasteiger partial charge in [0.05, 0.1) is 28.1 Å². The van der Waals surface area contributed by atoms with Crippen molar-refractivity contribution in [1.29, 1.82) is 0 Å². The summed E-state index contributed by atoms with van der Waals surface area (Å²) >= 11 is 5.93. The highest BCUT2D eigenvalue weighted by Gasteiger charge is 2.11. The molecule has 1 aromatic heterocycles. The first-order valence-corrected chi connectivity index (χ1v) is 7.41. The Balaban J connectivity index is 1.94. The maximum Gasteiger partial charge on any atom is 0.270 e. The van der Waals surface area contributed by atoms with E-state index < -0.39 is 10.7 Å². The van der Waals surface area contributed by atoms with E-state index in [2.05, 4.69) is 10.1 Å². The molecule has 0 aliphatic carbocycles. The number of nitrogen functional groups attached to an aromatic ring is 1. The lowest BCUT2D eigenvalue weighted by molar-refractivity contribution is -0.384. The van der Waals surface area contributed by atoms with Gasteiger partial charge >= 0.3 is 0 Å². The van der Waals surface area contributed by atoms with E-state index in [-0.39, 0.29) is 22.2 Å². The zero-order valence-electron chi connectivity index (χ0n) is 12.6. The number of nitrogens with two attached hydrogens (primary N) is 1. The minimum Gasteiger partial charge on any atom is -0.368 e. The molecule has 1 heterocycles. The predicted octanol–water partition coefficient (Wildman–Crippen LogP) is 3.72. The molecule has 0 radical (unpaired) electrons. The third kappa shape index (κ3) is 3.48. The fraction of sp³-hybridized carbons (Fsp3) is 0. The van der Waals surface area contributed by atoms with Gasteiger partial charge in [0.1, 0.15) is 5.82 Å². The molecule has 7 nitrogen and oxygen atoms in total. The molecule has 0 bridgehead atoms. The van der Waals surface area contributed by atoms with Gasteiger partial charge in [0.2, 0.25) is 5.95 Å². The summed E-state index contributed by atoms with van der Waals surface area (Å²) in [6.07, 6.45) is 2.71. The zero-order chi connectivity index (χ0) is 18.0. The number of halogens is 2. The number of anilines is 1. The van der Waals surface area contributed by atoms with Gasteiger partial charge in [-0.2, -0.15) is 5.10 Å². The number of non-ortho nitro benzene ring substituents is 1. The first-order chi connectivity index (χ1) is 12.0. The van der Waals surface area contributed by atoms with Crippen LogP contribution in [0.1, 0.15) is 5.56 Å². The number of nitro groups is 1. The average Bonchev–Trinajstić information content (AvgIpc) is 2.95. The van der Waals surface area contributed by atoms with Crippen molar-refractivity contribution in [3.05, 3.63) is 75.2 Å². The Hall–Kier alpha value is -3.26. The number of hydrogen-bond donors (Lipinski definition) is 1. The summed E-state index contributed by atoms with van der Waals surface area (Å²) in [6.45, 7) is 0. The highest BCUT2D eigenvalue weighted by molar-refractivity contribution is 6.33. The number of nitrogens with zero attached hydrogens (tertiary/aromatic N) is 4. The standard InChI is InChI=1S/C16H11ClFN5O2/c17-13-5-2-6-14(18)12(13)8-20-22-9-15(21-16(22)19)10-3-1-4-11(7-10)23(24)25/h1-9H,(H2,19,21). The van der Waals surface area contributed by atoms with Crippen molar-refractivity contribution in [2.45, 2.75) is 0 Å². The molecule has 9 heteroatoms. The Morgan fingerprint density at radius 2 is 2.08 bits per heavy atom. The van der Waals surface area contributed by atoms with E-state index in [0.717, 1.165) is 0 Å². The van der Waals surface area contributed by atoms with Crippen LogP contribution in [0.25, 0.3) is 11.3 Å². The summed E-state index contributed by atoms with van der Waals surface area (Å²) in [5.41, 5.74) is 6.76. The van der Waals surface area contributed by atoms with Gasteiger partial charge in [-0.3, -0.25) is 10.1 Å². The second-order valence-corrected chi connectivity index (χ2v) is 5.42. The molecule has 0 atom stereocenters. The lowest BCUT2D eigenvalue weighted by atomic mass is 10.1. The minimum atomic E-state index is -0.520. The Kier molecular flexibility index (Phi) is 4.44. The topological polar surface area (TPSA) is 99.3 Å². The van der Waals surface area contributed by atoms with Gasteiger partial charge in [0.15, 0.2) is 0 Å². The van der Waals surface area contributed by atoms with Crippen LogP contribution in [0.2, 0.25) is 5.02 Å². The highest BCUT2D eigenvalue weighted by atomic mass is 35.5. The monoisotopic (exact) mass is 359 g/mol. The van der Waals surface area contributed by atoms with Gasteiger partial charge in [-0.05, 0) is 12.1 Å². The molecule has 2 aromatic carbocycles. The van der Waals surface area contributed by atoms with Crippen LogP contribution in [0, 0.1) is 15.9 Å². The SMILES string of the molecule is Nc1nc(-c2cccc([N+](=O)[O-])c2)cn1N=Cc1c(F)cccc1Cl. The summed E-state index contributed by atoms with van der Waals surface area (Å²) in [7, 11) is 0. The molecule has 126 valence electrons. The number of imidazole rings is 1. The molecule has 25 heavy (non-hydrogen) atoms. The molecule has 3 rings (SSSR count). The Morgan fingerprint density at radius 1 is 1.32 bits per heavy atom. The molecule has 0 saturated carbocycles. The van der Waals surface area contributed by atoms with Gasteiger partial charge in [0, 0.05) is 23.3 Å². The van der Waals surface area contributed by atoms with Gasteiger partial charge in [-0.15, -0.1) is 0 Å². The predicted molar refractivity (Wildman–Crippen MR) is 93.1 cm³/mol. The molecule has 0 amide bonds. The first-order valence-electron chi connectivity index (χ1n) is 7.04. The van der Waals surface area contributed by atoms with Crippen molar-refractivity contribution in [3.8, 4) is 11.3 Å². The van der Waals surface area contributed by atoms with Gasteiger partial charge in [0.25, 0.3) is 5.69 Å². The molecule has 0 unspecified atom stereocenters. The van der Waals surface area contributed by atoms with E-state index >= 15 is 0 Å². The molecule has 0 saturated heterocycles. The molecule has 0 aliphatic heterocycles. The maximum atomic E-state index is 13.7. The van der Waals surface area contributed by atoms with E-state index in [4.69, 9.17) is 17.3 Å². The number of rotatable bonds is 4. The smallest absolute Gasteiger partial charge is 0.270 e. The van der Waals surface area contributed by atoms with Crippen molar-refractivity contribution in [2.75, 3.05) is 5.73 Å². The van der Waals surface area contributed by atoms with E-state index in [1.807, 2.05) is 0 Å². The summed E-state index contributed by atoms with van der Waals surface area (Å²) in [5.74, 6) is -0.473. The third-order valence-corrected chi connectivity index (χ3v) is 3.71. The van der Waals surface area contributed by atoms with E-state index in [9.17, 15) is 14.5 Å². The number of nitro benzene ring substituents is 1. The fourth-order valence-electron chi connectivity index (χ4n) is 2.15. The van der Waals surface area contributed by atoms with E-state index in [0.29, 0.717) is 11.3 Å². The summed E-state index contributed by atoms with van der Waals surface area (Å²) in [6, 6.07) is 10.3. The first kappa shape index (κ1) is 16.6. The van der Waals surface area contributed by atoms with Crippen LogP contribution in [0.15, 0.2) is 53.8 Å². The van der Waals surface area contributed by atoms with Crippen LogP contribution in [0.4, 0.5) is 16.0 Å². The Bertz CT molecular complexity index is 966. The van der Waals surface area contributed by atoms with Crippen LogP contribution < -0.4 is 5.73 Å². The van der Waals surface area contributed by atoms with Crippen molar-refractivity contribution in [1.82, 2.24) is 9.66 Å². The van der Waals surface area contributed by atoms with Crippen LogP contribution in [-0.4, -0.2) is 20.8 Å². The number of aromatic nitrogens is 2. The quantitative estimate of drug-likeness (QED) is 0.436. The third-order valence-electron chi connectivity index (χ3n) is 3.38. The van der Waals surface area contributed by atoms with Crippen LogP contribution >= 0.6 is 11.6 Å². The summed E-state index contributed by atoms with van der Waals surface area (Å²) in [5, 5.41) is 15.1. The summed E-state index contributed by atoms with van der Waals surface area (Å²) in [4.78, 5) is 14.5. The lowest BCUT2D eigenvalue weighted by Crippen LogP contribution is -1.98. The van der Waals surface area contributed by atoms with Crippen LogP contribution in [0.5, 0.6) is 0 Å². The van der Waals surface area contributed by atoms with Gasteiger partial charge in [-0.25, -0.2) is 14.1 Å². The van der Waals surface area contributed by atoms with Crippen molar-refractivity contribution < 1.29 is 9.31 Å². The van der Waals surface area contributed by atoms with Crippen LogP contribution in [0.3, 0.4) is 0 Å². The largest absolute Gasteiger partial charge is 0.368 e. The molecular formula is C16H11ClFN5O2. The molecule has 3 aromatic rings. The molecule has 0 spiro atoms. The lowest BCUT2D eigenvalue weighted by Gasteiger charge is -1.99. The molecule has 0 aliphatic rings. The van der Waals surface area contributed by atoms with E-state index in [1.165, 1.54) is 47.4 Å². The fourth-order valence-corrected chi connectivity index (χ4v) is 2.36. The van der Waals surface area contributed by atoms with Gasteiger partial charge < -0.3 is 5.73 Å². The van der Waals surface area contributed by atoms with Gasteiger partial charge in [-0.1, -0.05) is 29.8 Å². The van der Waals surface area contributed by atoms with Crippen LogP contribution in [-0.2, 0) is 0 Å². The number of benzene rings is 2. The molecule has 2 N–H and O–H groups in total. The zero-order valence-corrected chi connectivity index (χ0v) is 13.4. The molecular weight excluding hydrogens is 349 g/mol. The Morgan fingerprint density at radius 3 is 2.80 bits per heavy atom. The van der Waals surface area contributed by atoms with Crippen molar-refractivity contribution in [2.24, 2.45) is 5.10 Å². The maximum absolute atomic E-state index is 13.7. The average molecular weight is 360 g/mol. The second-order valence-electron chi connectivity index (χ2n) is 5.02. The van der Waals surface area contributed by atoms with Crippen molar-refractivity contribution >= 4 is 29.5 Å². The Labute approximate surface area is 146 Å². The van der Waals surface area contributed by atoms with E-state index in [1.54, 1.807) is 12.1 Å². The molecule has 0 fully saturated rings. The number of hydrogen-bond acceptors (Lipinski definition) is 5. The summed E-state index contributed by atoms with van der Waals surface area (Å²) < 4.78 is 15.0. The highest BCUT2D eigenvalue weighted by Crippen LogP contribution is 2.24. The van der Waals surface area contributed by atoms with Crippen molar-refractivity contribution in [3.63, 3.8) is 0 Å². The second kappa shape index (κ2) is 6.70. The minimum absolute atomic E-state index is 0.0465. The normalized spacial score (nSPS) is 11.1.